The summed E-state index contributed by atoms with van der Waals surface area (Å²) in [6.45, 7) is 0. The van der Waals surface area contributed by atoms with Crippen LogP contribution in [0.4, 0.5) is 17.1 Å². The third-order valence-electron chi connectivity index (χ3n) is 10.5. The molecule has 0 fully saturated rings. The maximum absolute atomic E-state index is 6.28. The molecule has 0 N–H and O–H groups in total. The lowest BCUT2D eigenvalue weighted by molar-refractivity contribution is 0.669. The summed E-state index contributed by atoms with van der Waals surface area (Å²) in [7, 11) is 0. The maximum atomic E-state index is 6.28. The molecule has 0 aliphatic rings. The van der Waals surface area contributed by atoms with E-state index in [4.69, 9.17) is 4.42 Å². The molecule has 54 heavy (non-hydrogen) atoms. The minimum absolute atomic E-state index is 0.895. The third-order valence-corrected chi connectivity index (χ3v) is 10.5. The van der Waals surface area contributed by atoms with Gasteiger partial charge in [0.25, 0.3) is 0 Å². The summed E-state index contributed by atoms with van der Waals surface area (Å²) in [5, 5.41) is 4.75. The number of hydrogen-bond donors (Lipinski definition) is 0. The van der Waals surface area contributed by atoms with E-state index < -0.39 is 0 Å². The van der Waals surface area contributed by atoms with Crippen molar-refractivity contribution in [2.75, 3.05) is 4.90 Å². The lowest BCUT2D eigenvalue weighted by Crippen LogP contribution is -2.10. The quantitative estimate of drug-likeness (QED) is 0.166. The fraction of sp³-hybridized carbons (Fsp3) is 0. The molecule has 9 aromatic carbocycles. The van der Waals surface area contributed by atoms with Crippen molar-refractivity contribution in [3.63, 3.8) is 0 Å². The van der Waals surface area contributed by atoms with Crippen LogP contribution in [0.3, 0.4) is 0 Å². The highest BCUT2D eigenvalue weighted by Crippen LogP contribution is 2.41. The molecular formula is C52H35NO. The predicted molar refractivity (Wildman–Crippen MR) is 228 cm³/mol. The van der Waals surface area contributed by atoms with Crippen molar-refractivity contribution in [2.45, 2.75) is 0 Å². The Balaban J connectivity index is 1.06. The van der Waals surface area contributed by atoms with Gasteiger partial charge in [-0.05, 0) is 110 Å². The molecule has 0 unspecified atom stereocenters. The van der Waals surface area contributed by atoms with E-state index in [2.05, 4.69) is 205 Å². The van der Waals surface area contributed by atoms with Crippen molar-refractivity contribution in [2.24, 2.45) is 0 Å². The van der Waals surface area contributed by atoms with Gasteiger partial charge in [0.05, 0.1) is 0 Å². The molecule has 2 heteroatoms. The van der Waals surface area contributed by atoms with Crippen molar-refractivity contribution >= 4 is 49.8 Å². The van der Waals surface area contributed by atoms with Gasteiger partial charge in [0.1, 0.15) is 11.2 Å². The first-order valence-corrected chi connectivity index (χ1v) is 18.4. The molecule has 0 aliphatic carbocycles. The highest BCUT2D eigenvalue weighted by molar-refractivity contribution is 6.06. The molecule has 0 atom stereocenters. The van der Waals surface area contributed by atoms with Crippen LogP contribution in [-0.2, 0) is 0 Å². The van der Waals surface area contributed by atoms with Crippen LogP contribution in [0.15, 0.2) is 217 Å². The zero-order chi connectivity index (χ0) is 35.8. The van der Waals surface area contributed by atoms with E-state index in [-0.39, 0.29) is 0 Å². The zero-order valence-corrected chi connectivity index (χ0v) is 29.6. The van der Waals surface area contributed by atoms with Crippen LogP contribution in [0.25, 0.3) is 77.2 Å². The van der Waals surface area contributed by atoms with Crippen LogP contribution >= 0.6 is 0 Å². The smallest absolute Gasteiger partial charge is 0.136 e. The molecule has 10 aromatic rings. The maximum Gasteiger partial charge on any atom is 0.136 e. The summed E-state index contributed by atoms with van der Waals surface area (Å²) >= 11 is 0. The molecule has 1 aromatic heterocycles. The summed E-state index contributed by atoms with van der Waals surface area (Å²) in [5.41, 5.74) is 14.5. The van der Waals surface area contributed by atoms with Crippen LogP contribution in [0, 0.1) is 0 Å². The number of benzene rings is 9. The van der Waals surface area contributed by atoms with E-state index in [9.17, 15) is 0 Å². The molecule has 0 radical (unpaired) electrons. The number of furan rings is 1. The summed E-state index contributed by atoms with van der Waals surface area (Å²) in [4.78, 5) is 2.36. The van der Waals surface area contributed by atoms with E-state index in [0.717, 1.165) is 50.1 Å². The van der Waals surface area contributed by atoms with Gasteiger partial charge in [-0.1, -0.05) is 158 Å². The molecule has 0 saturated heterocycles. The lowest BCUT2D eigenvalue weighted by Gasteiger charge is -2.27. The molecule has 1 heterocycles. The molecule has 0 saturated carbocycles. The highest BCUT2D eigenvalue weighted by Gasteiger charge is 2.16. The van der Waals surface area contributed by atoms with Crippen molar-refractivity contribution in [3.05, 3.63) is 212 Å². The molecule has 10 rings (SSSR count). The van der Waals surface area contributed by atoms with E-state index in [1.54, 1.807) is 0 Å². The number of para-hydroxylation sites is 1. The van der Waals surface area contributed by atoms with E-state index >= 15 is 0 Å². The average molecular weight is 690 g/mol. The Hall–Kier alpha value is -7.16. The number of hydrogen-bond acceptors (Lipinski definition) is 2. The van der Waals surface area contributed by atoms with Crippen molar-refractivity contribution in [3.8, 4) is 44.5 Å². The molecule has 0 spiro atoms. The van der Waals surface area contributed by atoms with Gasteiger partial charge in [-0.15, -0.1) is 0 Å². The zero-order valence-electron chi connectivity index (χ0n) is 29.6. The second-order valence-electron chi connectivity index (χ2n) is 13.8. The van der Waals surface area contributed by atoms with Gasteiger partial charge in [-0.2, -0.15) is 0 Å². The first-order valence-electron chi connectivity index (χ1n) is 18.4. The fourth-order valence-electron chi connectivity index (χ4n) is 7.76. The van der Waals surface area contributed by atoms with Crippen molar-refractivity contribution in [1.29, 1.82) is 0 Å². The lowest BCUT2D eigenvalue weighted by atomic mass is 9.97. The molecule has 0 amide bonds. The van der Waals surface area contributed by atoms with Gasteiger partial charge in [-0.25, -0.2) is 0 Å². The Kier molecular flexibility index (Phi) is 7.85. The molecular weight excluding hydrogens is 655 g/mol. The molecule has 0 bridgehead atoms. The summed E-state index contributed by atoms with van der Waals surface area (Å²) in [5.74, 6) is 0. The SMILES string of the molecule is c1ccc(-c2ccc(-c3ccc(N(c4cccc(-c5ccc6c(c5)oc5ccccc56)c4)c4cccc(-c5cccc6ccccc56)c4)cc3)cc2)cc1. The summed E-state index contributed by atoms with van der Waals surface area (Å²) in [6, 6.07) is 76.0. The Morgan fingerprint density at radius 3 is 1.54 bits per heavy atom. The van der Waals surface area contributed by atoms with Crippen LogP contribution in [-0.4, -0.2) is 0 Å². The van der Waals surface area contributed by atoms with E-state index in [1.165, 1.54) is 44.2 Å². The Morgan fingerprint density at radius 2 is 0.778 bits per heavy atom. The predicted octanol–water partition coefficient (Wildman–Crippen LogP) is 14.9. The summed E-state index contributed by atoms with van der Waals surface area (Å²) < 4.78 is 6.28. The Bertz CT molecular complexity index is 2920. The Morgan fingerprint density at radius 1 is 0.278 bits per heavy atom. The average Bonchev–Trinajstić information content (AvgIpc) is 3.62. The fourth-order valence-corrected chi connectivity index (χ4v) is 7.76. The molecule has 0 aliphatic heterocycles. The van der Waals surface area contributed by atoms with Crippen LogP contribution in [0.2, 0.25) is 0 Å². The first kappa shape index (κ1) is 31.6. The standard InChI is InChI=1S/C52H35NO/c1-2-11-36(12-3-1)37-23-25-38(26-24-37)39-27-30-44(31-28-39)53(46-18-9-16-43(34-46)48-21-10-14-40-13-4-5-19-47(40)48)45-17-8-15-41(33-45)42-29-32-50-49-20-6-7-22-51(49)54-52(50)35-42/h1-35H. The third kappa shape index (κ3) is 5.81. The van der Waals surface area contributed by atoms with Crippen molar-refractivity contribution < 1.29 is 4.42 Å². The van der Waals surface area contributed by atoms with Gasteiger partial charge < -0.3 is 9.32 Å². The van der Waals surface area contributed by atoms with Crippen LogP contribution < -0.4 is 4.90 Å². The topological polar surface area (TPSA) is 16.4 Å². The number of rotatable bonds is 7. The second-order valence-corrected chi connectivity index (χ2v) is 13.8. The summed E-state index contributed by atoms with van der Waals surface area (Å²) in [6.07, 6.45) is 0. The van der Waals surface area contributed by atoms with Crippen LogP contribution in [0.5, 0.6) is 0 Å². The number of nitrogens with zero attached hydrogens (tertiary/aromatic N) is 1. The monoisotopic (exact) mass is 689 g/mol. The van der Waals surface area contributed by atoms with E-state index in [0.29, 0.717) is 0 Å². The van der Waals surface area contributed by atoms with Crippen molar-refractivity contribution in [1.82, 2.24) is 0 Å². The van der Waals surface area contributed by atoms with Gasteiger partial charge in [0, 0.05) is 27.8 Å². The Labute approximate surface area is 314 Å². The largest absolute Gasteiger partial charge is 0.456 e. The number of anilines is 3. The van der Waals surface area contributed by atoms with E-state index in [1.807, 2.05) is 12.1 Å². The normalized spacial score (nSPS) is 11.3. The number of fused-ring (bicyclic) bond motifs is 4. The molecule has 2 nitrogen and oxygen atoms in total. The van der Waals surface area contributed by atoms with Gasteiger partial charge in [0.2, 0.25) is 0 Å². The minimum Gasteiger partial charge on any atom is -0.456 e. The van der Waals surface area contributed by atoms with Gasteiger partial charge in [-0.3, -0.25) is 0 Å². The van der Waals surface area contributed by atoms with Crippen LogP contribution in [0.1, 0.15) is 0 Å². The highest BCUT2D eigenvalue weighted by atomic mass is 16.3. The minimum atomic E-state index is 0.895. The molecule has 254 valence electrons. The van der Waals surface area contributed by atoms with Gasteiger partial charge in [0.15, 0.2) is 0 Å². The first-order chi connectivity index (χ1) is 26.7. The second kappa shape index (κ2) is 13.4. The van der Waals surface area contributed by atoms with Gasteiger partial charge >= 0.3 is 0 Å².